The third-order valence-corrected chi connectivity index (χ3v) is 2.42. The largest absolute Gasteiger partial charge is 0.391 e. The van der Waals surface area contributed by atoms with E-state index in [1.807, 2.05) is 4.68 Å². The molecule has 0 amide bonds. The molecular formula is C12H24N4O. The summed E-state index contributed by atoms with van der Waals surface area (Å²) in [6, 6.07) is 0.273. The third-order valence-electron chi connectivity index (χ3n) is 2.42. The highest BCUT2D eigenvalue weighted by atomic mass is 16.3. The summed E-state index contributed by atoms with van der Waals surface area (Å²) in [5.41, 5.74) is 0.0205. The highest BCUT2D eigenvalue weighted by Gasteiger charge is 2.15. The van der Waals surface area contributed by atoms with E-state index in [1.165, 1.54) is 0 Å². The third kappa shape index (κ3) is 4.83. The lowest BCUT2D eigenvalue weighted by Gasteiger charge is -2.23. The molecule has 98 valence electrons. The fourth-order valence-electron chi connectivity index (χ4n) is 1.56. The number of nitrogens with zero attached hydrogens (tertiary/aromatic N) is 3. The molecule has 0 saturated carbocycles. The molecule has 1 heterocycles. The van der Waals surface area contributed by atoms with Crippen LogP contribution in [0.1, 0.15) is 46.5 Å². The molecule has 0 spiro atoms. The average molecular weight is 240 g/mol. The van der Waals surface area contributed by atoms with Crippen molar-refractivity contribution in [2.45, 2.75) is 58.7 Å². The molecule has 0 aromatic carbocycles. The first-order valence-corrected chi connectivity index (χ1v) is 6.11. The van der Waals surface area contributed by atoms with Gasteiger partial charge in [-0.25, -0.2) is 9.67 Å². The minimum atomic E-state index is -0.434. The molecule has 17 heavy (non-hydrogen) atoms. The topological polar surface area (TPSA) is 63.0 Å². The van der Waals surface area contributed by atoms with Gasteiger partial charge in [-0.3, -0.25) is 0 Å². The van der Waals surface area contributed by atoms with E-state index in [0.717, 1.165) is 5.82 Å². The van der Waals surface area contributed by atoms with Crippen molar-refractivity contribution in [3.63, 3.8) is 0 Å². The molecular weight excluding hydrogens is 216 g/mol. The SMILES string of the molecule is CC(C)n1ncnc1CC(O)CNC(C)(C)C. The van der Waals surface area contributed by atoms with Crippen LogP contribution in [0.4, 0.5) is 0 Å². The normalized spacial score (nSPS) is 14.3. The fraction of sp³-hybridized carbons (Fsp3) is 0.833. The van der Waals surface area contributed by atoms with Crippen molar-refractivity contribution in [3.8, 4) is 0 Å². The van der Waals surface area contributed by atoms with Gasteiger partial charge >= 0.3 is 0 Å². The second kappa shape index (κ2) is 5.60. The van der Waals surface area contributed by atoms with Crippen molar-refractivity contribution < 1.29 is 5.11 Å². The summed E-state index contributed by atoms with van der Waals surface area (Å²) in [5.74, 6) is 0.836. The van der Waals surface area contributed by atoms with Crippen LogP contribution in [0.5, 0.6) is 0 Å². The van der Waals surface area contributed by atoms with Crippen LogP contribution >= 0.6 is 0 Å². The molecule has 0 aliphatic heterocycles. The predicted molar refractivity (Wildman–Crippen MR) is 67.9 cm³/mol. The summed E-state index contributed by atoms with van der Waals surface area (Å²) in [6.45, 7) is 10.9. The van der Waals surface area contributed by atoms with Crippen molar-refractivity contribution in [2.75, 3.05) is 6.54 Å². The average Bonchev–Trinajstić information content (AvgIpc) is 2.62. The molecule has 0 aliphatic rings. The van der Waals surface area contributed by atoms with Gasteiger partial charge in [0.2, 0.25) is 0 Å². The number of nitrogens with one attached hydrogen (secondary N) is 1. The molecule has 1 atom stereocenters. The fourth-order valence-corrected chi connectivity index (χ4v) is 1.56. The molecule has 0 fully saturated rings. The van der Waals surface area contributed by atoms with Gasteiger partial charge in [0.25, 0.3) is 0 Å². The summed E-state index contributed by atoms with van der Waals surface area (Å²) >= 11 is 0. The van der Waals surface area contributed by atoms with E-state index in [-0.39, 0.29) is 11.6 Å². The van der Waals surface area contributed by atoms with Crippen molar-refractivity contribution >= 4 is 0 Å². The molecule has 0 bridgehead atoms. The smallest absolute Gasteiger partial charge is 0.138 e. The lowest BCUT2D eigenvalue weighted by atomic mass is 10.1. The molecule has 5 nitrogen and oxygen atoms in total. The van der Waals surface area contributed by atoms with Crippen molar-refractivity contribution in [1.29, 1.82) is 0 Å². The lowest BCUT2D eigenvalue weighted by molar-refractivity contribution is 0.156. The number of aromatic nitrogens is 3. The minimum Gasteiger partial charge on any atom is -0.391 e. The Morgan fingerprint density at radius 1 is 1.41 bits per heavy atom. The Labute approximate surface area is 103 Å². The highest BCUT2D eigenvalue weighted by Crippen LogP contribution is 2.08. The zero-order valence-electron chi connectivity index (χ0n) is 11.4. The number of β-amino-alcohol motifs (C(OH)–C–C–N with tert-alkyl or cyclic N) is 1. The zero-order chi connectivity index (χ0) is 13.1. The van der Waals surface area contributed by atoms with Gasteiger partial charge in [-0.1, -0.05) is 0 Å². The summed E-state index contributed by atoms with van der Waals surface area (Å²) in [5, 5.41) is 17.4. The van der Waals surface area contributed by atoms with Gasteiger partial charge in [0.15, 0.2) is 0 Å². The monoisotopic (exact) mass is 240 g/mol. The minimum absolute atomic E-state index is 0.0205. The predicted octanol–water partition coefficient (Wildman–Crippen LogP) is 1.15. The van der Waals surface area contributed by atoms with Gasteiger partial charge in [0.05, 0.1) is 6.10 Å². The maximum atomic E-state index is 9.95. The number of aliphatic hydroxyl groups excluding tert-OH is 1. The molecule has 0 radical (unpaired) electrons. The van der Waals surface area contributed by atoms with Crippen LogP contribution in [0.15, 0.2) is 6.33 Å². The van der Waals surface area contributed by atoms with Crippen LogP contribution in [-0.2, 0) is 6.42 Å². The first kappa shape index (κ1) is 14.1. The van der Waals surface area contributed by atoms with Gasteiger partial charge in [-0.2, -0.15) is 5.10 Å². The first-order valence-electron chi connectivity index (χ1n) is 6.11. The number of hydrogen-bond donors (Lipinski definition) is 2. The Balaban J connectivity index is 2.50. The summed E-state index contributed by atoms with van der Waals surface area (Å²) < 4.78 is 1.85. The molecule has 0 saturated heterocycles. The van der Waals surface area contributed by atoms with Crippen molar-refractivity contribution in [2.24, 2.45) is 0 Å². The van der Waals surface area contributed by atoms with Crippen LogP contribution in [0.25, 0.3) is 0 Å². The van der Waals surface area contributed by atoms with E-state index in [4.69, 9.17) is 0 Å². The molecule has 1 aromatic heterocycles. The summed E-state index contributed by atoms with van der Waals surface area (Å²) in [6.07, 6.45) is 1.64. The van der Waals surface area contributed by atoms with E-state index in [0.29, 0.717) is 13.0 Å². The van der Waals surface area contributed by atoms with E-state index < -0.39 is 6.10 Å². The van der Waals surface area contributed by atoms with E-state index >= 15 is 0 Å². The zero-order valence-corrected chi connectivity index (χ0v) is 11.4. The highest BCUT2D eigenvalue weighted by molar-refractivity contribution is 4.90. The first-order chi connectivity index (χ1) is 7.79. The van der Waals surface area contributed by atoms with Crippen LogP contribution in [-0.4, -0.2) is 38.1 Å². The quantitative estimate of drug-likeness (QED) is 0.810. The van der Waals surface area contributed by atoms with E-state index in [9.17, 15) is 5.11 Å². The molecule has 0 aliphatic carbocycles. The Bertz CT molecular complexity index is 341. The Morgan fingerprint density at radius 2 is 2.06 bits per heavy atom. The Morgan fingerprint density at radius 3 is 2.59 bits per heavy atom. The molecule has 1 rings (SSSR count). The van der Waals surface area contributed by atoms with Gasteiger partial charge < -0.3 is 10.4 Å². The Kier molecular flexibility index (Phi) is 4.65. The van der Waals surface area contributed by atoms with Gasteiger partial charge in [-0.15, -0.1) is 0 Å². The van der Waals surface area contributed by atoms with Crippen LogP contribution < -0.4 is 5.32 Å². The number of hydrogen-bond acceptors (Lipinski definition) is 4. The molecule has 1 unspecified atom stereocenters. The molecule has 2 N–H and O–H groups in total. The van der Waals surface area contributed by atoms with Gasteiger partial charge in [-0.05, 0) is 34.6 Å². The van der Waals surface area contributed by atoms with Crippen LogP contribution in [0.2, 0.25) is 0 Å². The number of rotatable bonds is 5. The van der Waals surface area contributed by atoms with Crippen LogP contribution in [0.3, 0.4) is 0 Å². The van der Waals surface area contributed by atoms with E-state index in [1.54, 1.807) is 6.33 Å². The maximum absolute atomic E-state index is 9.95. The second-order valence-corrected chi connectivity index (χ2v) is 5.70. The molecule has 1 aromatic rings. The maximum Gasteiger partial charge on any atom is 0.138 e. The lowest BCUT2D eigenvalue weighted by Crippen LogP contribution is -2.41. The van der Waals surface area contributed by atoms with Crippen molar-refractivity contribution in [3.05, 3.63) is 12.2 Å². The Hall–Kier alpha value is -0.940. The summed E-state index contributed by atoms with van der Waals surface area (Å²) in [4.78, 5) is 4.19. The van der Waals surface area contributed by atoms with Gasteiger partial charge in [0.1, 0.15) is 12.2 Å². The number of aliphatic hydroxyl groups is 1. The van der Waals surface area contributed by atoms with Crippen LogP contribution in [0, 0.1) is 0 Å². The standard InChI is InChI=1S/C12H24N4O/c1-9(2)16-11(13-8-15-16)6-10(17)7-14-12(3,4)5/h8-10,14,17H,6-7H2,1-5H3. The summed E-state index contributed by atoms with van der Waals surface area (Å²) in [7, 11) is 0. The van der Waals surface area contributed by atoms with E-state index in [2.05, 4.69) is 50.0 Å². The van der Waals surface area contributed by atoms with Gasteiger partial charge in [0, 0.05) is 24.5 Å². The molecule has 5 heteroatoms. The second-order valence-electron chi connectivity index (χ2n) is 5.70. The van der Waals surface area contributed by atoms with Crippen molar-refractivity contribution in [1.82, 2.24) is 20.1 Å².